The highest BCUT2D eigenvalue weighted by Crippen LogP contribution is 2.48. The van der Waals surface area contributed by atoms with Crippen molar-refractivity contribution < 1.29 is 9.90 Å². The average molecular weight is 212 g/mol. The molecule has 2 fully saturated rings. The van der Waals surface area contributed by atoms with Gasteiger partial charge in [-0.2, -0.15) is 0 Å². The van der Waals surface area contributed by atoms with E-state index < -0.39 is 0 Å². The standard InChI is InChI=1S/C11H20N2O2/c12-5-3-10(15)13-6-9-2-1-4-11(9,7-13)8-14/h9,14H,1-8,12H2/t9-,11-/m0/s1. The quantitative estimate of drug-likeness (QED) is 0.689. The third kappa shape index (κ3) is 1.76. The first-order chi connectivity index (χ1) is 7.22. The third-order valence-electron chi connectivity index (χ3n) is 4.07. The van der Waals surface area contributed by atoms with Gasteiger partial charge >= 0.3 is 0 Å². The van der Waals surface area contributed by atoms with Crippen LogP contribution in [0.3, 0.4) is 0 Å². The van der Waals surface area contributed by atoms with Crippen LogP contribution in [0.1, 0.15) is 25.7 Å². The molecule has 0 radical (unpaired) electrons. The minimum atomic E-state index is 0.0181. The van der Waals surface area contributed by atoms with Gasteiger partial charge in [0.15, 0.2) is 0 Å². The predicted octanol–water partition coefficient (Wildman–Crippen LogP) is -0.0438. The normalized spacial score (nSPS) is 34.5. The largest absolute Gasteiger partial charge is 0.396 e. The molecule has 0 unspecified atom stereocenters. The van der Waals surface area contributed by atoms with Crippen LogP contribution in [0.5, 0.6) is 0 Å². The molecule has 1 heterocycles. The monoisotopic (exact) mass is 212 g/mol. The van der Waals surface area contributed by atoms with Crippen LogP contribution < -0.4 is 5.73 Å². The lowest BCUT2D eigenvalue weighted by Gasteiger charge is -2.25. The van der Waals surface area contributed by atoms with Crippen molar-refractivity contribution in [3.8, 4) is 0 Å². The molecule has 0 bridgehead atoms. The molecule has 1 saturated heterocycles. The number of carbonyl (C=O) groups excluding carboxylic acids is 1. The summed E-state index contributed by atoms with van der Waals surface area (Å²) in [6.45, 7) is 2.22. The van der Waals surface area contributed by atoms with E-state index in [1.54, 1.807) is 0 Å². The van der Waals surface area contributed by atoms with Gasteiger partial charge in [0.1, 0.15) is 0 Å². The van der Waals surface area contributed by atoms with Gasteiger partial charge in [-0.05, 0) is 18.8 Å². The molecule has 0 aromatic rings. The smallest absolute Gasteiger partial charge is 0.223 e. The van der Waals surface area contributed by atoms with E-state index in [2.05, 4.69) is 0 Å². The first-order valence-electron chi connectivity index (χ1n) is 5.80. The molecule has 0 aromatic carbocycles. The van der Waals surface area contributed by atoms with E-state index in [4.69, 9.17) is 5.73 Å². The van der Waals surface area contributed by atoms with E-state index >= 15 is 0 Å². The van der Waals surface area contributed by atoms with Crippen LogP contribution >= 0.6 is 0 Å². The van der Waals surface area contributed by atoms with Crippen molar-refractivity contribution in [1.82, 2.24) is 4.90 Å². The van der Waals surface area contributed by atoms with Crippen molar-refractivity contribution in [3.63, 3.8) is 0 Å². The zero-order valence-corrected chi connectivity index (χ0v) is 9.11. The van der Waals surface area contributed by atoms with Crippen LogP contribution in [0.25, 0.3) is 0 Å². The SMILES string of the molecule is NCCC(=O)N1C[C@@H]2CCC[C@@]2(CO)C1. The molecule has 86 valence electrons. The topological polar surface area (TPSA) is 66.6 Å². The summed E-state index contributed by atoms with van der Waals surface area (Å²) in [6, 6.07) is 0. The van der Waals surface area contributed by atoms with Crippen molar-refractivity contribution in [2.24, 2.45) is 17.1 Å². The molecule has 4 heteroatoms. The second-order valence-electron chi connectivity index (χ2n) is 4.92. The molecule has 3 N–H and O–H groups in total. The minimum absolute atomic E-state index is 0.0181. The van der Waals surface area contributed by atoms with Crippen LogP contribution in [0.15, 0.2) is 0 Å². The van der Waals surface area contributed by atoms with E-state index in [1.807, 2.05) is 4.90 Å². The Morgan fingerprint density at radius 3 is 3.00 bits per heavy atom. The molecular formula is C11H20N2O2. The Hall–Kier alpha value is -0.610. The van der Waals surface area contributed by atoms with Gasteiger partial charge in [-0.15, -0.1) is 0 Å². The fourth-order valence-electron chi connectivity index (χ4n) is 3.14. The summed E-state index contributed by atoms with van der Waals surface area (Å²) in [4.78, 5) is 13.6. The molecule has 0 spiro atoms. The lowest BCUT2D eigenvalue weighted by Crippen LogP contribution is -2.34. The van der Waals surface area contributed by atoms with Gasteiger partial charge in [-0.3, -0.25) is 4.79 Å². The van der Waals surface area contributed by atoms with Crippen molar-refractivity contribution in [2.75, 3.05) is 26.2 Å². The molecule has 1 aliphatic heterocycles. The number of carbonyl (C=O) groups is 1. The predicted molar refractivity (Wildman–Crippen MR) is 57.1 cm³/mol. The Kier molecular flexibility index (Phi) is 2.98. The van der Waals surface area contributed by atoms with Gasteiger partial charge in [0, 0.05) is 31.5 Å². The number of aliphatic hydroxyl groups excluding tert-OH is 1. The number of hydrogen-bond acceptors (Lipinski definition) is 3. The number of likely N-dealkylation sites (tertiary alicyclic amines) is 1. The Bertz CT molecular complexity index is 257. The summed E-state index contributed by atoms with van der Waals surface area (Å²) in [7, 11) is 0. The molecule has 0 aromatic heterocycles. The highest BCUT2D eigenvalue weighted by Gasteiger charge is 2.49. The number of aliphatic hydroxyl groups is 1. The molecule has 1 saturated carbocycles. The Labute approximate surface area is 90.4 Å². The van der Waals surface area contributed by atoms with Gasteiger partial charge < -0.3 is 15.7 Å². The second-order valence-corrected chi connectivity index (χ2v) is 4.92. The highest BCUT2D eigenvalue weighted by molar-refractivity contribution is 5.76. The van der Waals surface area contributed by atoms with E-state index in [9.17, 15) is 9.90 Å². The molecule has 2 atom stereocenters. The molecule has 2 aliphatic rings. The summed E-state index contributed by atoms with van der Waals surface area (Å²) >= 11 is 0. The van der Waals surface area contributed by atoms with Crippen LogP contribution in [-0.2, 0) is 4.79 Å². The van der Waals surface area contributed by atoms with Crippen molar-refractivity contribution in [3.05, 3.63) is 0 Å². The molecular weight excluding hydrogens is 192 g/mol. The summed E-state index contributed by atoms with van der Waals surface area (Å²) in [6.07, 6.45) is 3.87. The maximum absolute atomic E-state index is 11.7. The summed E-state index contributed by atoms with van der Waals surface area (Å²) in [5, 5.41) is 9.49. The van der Waals surface area contributed by atoms with E-state index in [-0.39, 0.29) is 17.9 Å². The summed E-state index contributed by atoms with van der Waals surface area (Å²) in [5.41, 5.74) is 5.40. The molecule has 2 rings (SSSR count). The number of nitrogens with two attached hydrogens (primary N) is 1. The zero-order chi connectivity index (χ0) is 10.9. The van der Waals surface area contributed by atoms with Gasteiger partial charge in [-0.1, -0.05) is 6.42 Å². The summed E-state index contributed by atoms with van der Waals surface area (Å²) in [5.74, 6) is 0.670. The van der Waals surface area contributed by atoms with E-state index in [0.717, 1.165) is 25.9 Å². The fraction of sp³-hybridized carbons (Fsp3) is 0.909. The number of amides is 1. The molecule has 4 nitrogen and oxygen atoms in total. The van der Waals surface area contributed by atoms with Crippen molar-refractivity contribution in [1.29, 1.82) is 0 Å². The van der Waals surface area contributed by atoms with Crippen LogP contribution in [-0.4, -0.2) is 42.2 Å². The Morgan fingerprint density at radius 2 is 2.40 bits per heavy atom. The van der Waals surface area contributed by atoms with Gasteiger partial charge in [0.25, 0.3) is 0 Å². The molecule has 15 heavy (non-hydrogen) atoms. The first kappa shape index (κ1) is 10.9. The lowest BCUT2D eigenvalue weighted by atomic mass is 9.82. The zero-order valence-electron chi connectivity index (χ0n) is 9.11. The first-order valence-corrected chi connectivity index (χ1v) is 5.80. The average Bonchev–Trinajstić information content (AvgIpc) is 2.73. The van der Waals surface area contributed by atoms with E-state index in [1.165, 1.54) is 6.42 Å². The third-order valence-corrected chi connectivity index (χ3v) is 4.07. The van der Waals surface area contributed by atoms with Gasteiger partial charge in [0.05, 0.1) is 6.61 Å². The second kappa shape index (κ2) is 4.10. The van der Waals surface area contributed by atoms with E-state index in [0.29, 0.717) is 18.9 Å². The lowest BCUT2D eigenvalue weighted by molar-refractivity contribution is -0.130. The maximum Gasteiger partial charge on any atom is 0.223 e. The van der Waals surface area contributed by atoms with Crippen LogP contribution in [0, 0.1) is 11.3 Å². The van der Waals surface area contributed by atoms with Gasteiger partial charge in [-0.25, -0.2) is 0 Å². The van der Waals surface area contributed by atoms with Crippen LogP contribution in [0.4, 0.5) is 0 Å². The molecule has 1 amide bonds. The Morgan fingerprint density at radius 1 is 1.60 bits per heavy atom. The number of rotatable bonds is 3. The van der Waals surface area contributed by atoms with Crippen molar-refractivity contribution >= 4 is 5.91 Å². The number of fused-ring (bicyclic) bond motifs is 1. The minimum Gasteiger partial charge on any atom is -0.396 e. The number of nitrogens with zero attached hydrogens (tertiary/aromatic N) is 1. The van der Waals surface area contributed by atoms with Crippen LogP contribution in [0.2, 0.25) is 0 Å². The molecule has 1 aliphatic carbocycles. The summed E-state index contributed by atoms with van der Waals surface area (Å²) < 4.78 is 0. The maximum atomic E-state index is 11.7. The highest BCUT2D eigenvalue weighted by atomic mass is 16.3. The van der Waals surface area contributed by atoms with Crippen molar-refractivity contribution in [2.45, 2.75) is 25.7 Å². The van der Waals surface area contributed by atoms with Gasteiger partial charge in [0.2, 0.25) is 5.91 Å². The fourth-order valence-corrected chi connectivity index (χ4v) is 3.14. The Balaban J connectivity index is 2.01. The number of hydrogen-bond donors (Lipinski definition) is 2.